The van der Waals surface area contributed by atoms with Crippen molar-refractivity contribution >= 4 is 0 Å². The van der Waals surface area contributed by atoms with Crippen LogP contribution >= 0.6 is 0 Å². The number of benzene rings is 1. The first kappa shape index (κ1) is 13.7. The van der Waals surface area contributed by atoms with Gasteiger partial charge in [0.2, 0.25) is 0 Å². The van der Waals surface area contributed by atoms with Gasteiger partial charge >= 0.3 is 0 Å². The zero-order chi connectivity index (χ0) is 14.8. The highest BCUT2D eigenvalue weighted by atomic mass is 16.5. The van der Waals surface area contributed by atoms with Crippen molar-refractivity contribution in [3.05, 3.63) is 28.8 Å². The topological polar surface area (TPSA) is 9.23 Å². The van der Waals surface area contributed by atoms with Crippen LogP contribution in [0.25, 0.3) is 0 Å². The molecular formula is C20H28O. The minimum atomic E-state index is 0.329. The molecular weight excluding hydrogens is 256 g/mol. The summed E-state index contributed by atoms with van der Waals surface area (Å²) >= 11 is 0. The van der Waals surface area contributed by atoms with Crippen molar-refractivity contribution in [2.75, 3.05) is 6.61 Å². The molecule has 2 unspecified atom stereocenters. The SMILES string of the molecule is CC(C)c1ccc2c3c1CCC1C(C)(C)CCCC31CO2. The Hall–Kier alpha value is -0.980. The number of rotatable bonds is 1. The summed E-state index contributed by atoms with van der Waals surface area (Å²) in [7, 11) is 0. The van der Waals surface area contributed by atoms with E-state index in [2.05, 4.69) is 39.8 Å². The van der Waals surface area contributed by atoms with Gasteiger partial charge in [0.15, 0.2) is 0 Å². The van der Waals surface area contributed by atoms with Crippen molar-refractivity contribution in [1.29, 1.82) is 0 Å². The van der Waals surface area contributed by atoms with Gasteiger partial charge in [-0.2, -0.15) is 0 Å². The molecule has 21 heavy (non-hydrogen) atoms. The monoisotopic (exact) mass is 284 g/mol. The molecule has 1 aromatic carbocycles. The van der Waals surface area contributed by atoms with Crippen molar-refractivity contribution < 1.29 is 4.74 Å². The summed E-state index contributed by atoms with van der Waals surface area (Å²) in [6, 6.07) is 4.58. The van der Waals surface area contributed by atoms with Crippen LogP contribution in [0.2, 0.25) is 0 Å². The van der Waals surface area contributed by atoms with Gasteiger partial charge in [0.05, 0.1) is 6.61 Å². The fourth-order valence-corrected chi connectivity index (χ4v) is 5.78. The Morgan fingerprint density at radius 1 is 1.19 bits per heavy atom. The molecule has 3 aliphatic rings. The van der Waals surface area contributed by atoms with Gasteiger partial charge < -0.3 is 4.74 Å². The number of ether oxygens (including phenoxy) is 1. The van der Waals surface area contributed by atoms with E-state index in [1.54, 1.807) is 16.7 Å². The van der Waals surface area contributed by atoms with E-state index < -0.39 is 0 Å². The lowest BCUT2D eigenvalue weighted by molar-refractivity contribution is 0.0191. The van der Waals surface area contributed by atoms with Crippen molar-refractivity contribution in [2.45, 2.75) is 71.1 Å². The molecule has 0 bridgehead atoms. The molecule has 1 nitrogen and oxygen atoms in total. The van der Waals surface area contributed by atoms with Gasteiger partial charge in [0.25, 0.3) is 0 Å². The van der Waals surface area contributed by atoms with E-state index in [9.17, 15) is 0 Å². The lowest BCUT2D eigenvalue weighted by atomic mass is 9.50. The Labute approximate surface area is 129 Å². The third-order valence-electron chi connectivity index (χ3n) is 6.65. The van der Waals surface area contributed by atoms with Crippen LogP contribution in [-0.2, 0) is 11.8 Å². The average molecular weight is 284 g/mol. The first-order chi connectivity index (χ1) is 9.96. The highest BCUT2D eigenvalue weighted by Crippen LogP contribution is 2.62. The second kappa shape index (κ2) is 4.27. The van der Waals surface area contributed by atoms with E-state index in [1.807, 2.05) is 0 Å². The van der Waals surface area contributed by atoms with Crippen molar-refractivity contribution in [1.82, 2.24) is 0 Å². The van der Waals surface area contributed by atoms with Gasteiger partial charge in [-0.25, -0.2) is 0 Å². The number of hydrogen-bond donors (Lipinski definition) is 0. The fourth-order valence-electron chi connectivity index (χ4n) is 5.78. The Bertz CT molecular complexity index is 580. The fraction of sp³-hybridized carbons (Fsp3) is 0.700. The molecule has 114 valence electrons. The molecule has 1 heteroatoms. The third kappa shape index (κ3) is 1.69. The van der Waals surface area contributed by atoms with Crippen LogP contribution in [-0.4, -0.2) is 6.61 Å². The van der Waals surface area contributed by atoms with Crippen molar-refractivity contribution in [3.8, 4) is 5.75 Å². The summed E-state index contributed by atoms with van der Waals surface area (Å²) in [6.45, 7) is 10.6. The highest BCUT2D eigenvalue weighted by Gasteiger charge is 2.56. The zero-order valence-corrected chi connectivity index (χ0v) is 14.0. The number of hydrogen-bond acceptors (Lipinski definition) is 1. The van der Waals surface area contributed by atoms with Gasteiger partial charge in [0.1, 0.15) is 5.75 Å². The van der Waals surface area contributed by atoms with Crippen molar-refractivity contribution in [3.63, 3.8) is 0 Å². The van der Waals surface area contributed by atoms with Crippen LogP contribution in [0.4, 0.5) is 0 Å². The van der Waals surface area contributed by atoms with Gasteiger partial charge in [-0.15, -0.1) is 0 Å². The maximum atomic E-state index is 6.21. The molecule has 2 atom stereocenters. The Morgan fingerprint density at radius 2 is 2.00 bits per heavy atom. The van der Waals surface area contributed by atoms with Crippen LogP contribution in [0.3, 0.4) is 0 Å². The van der Waals surface area contributed by atoms with E-state index in [1.165, 1.54) is 37.9 Å². The lowest BCUT2D eigenvalue weighted by Gasteiger charge is -2.53. The summed E-state index contributed by atoms with van der Waals surface area (Å²) in [5.74, 6) is 2.63. The van der Waals surface area contributed by atoms with Gasteiger partial charge in [-0.1, -0.05) is 40.2 Å². The molecule has 1 aliphatic heterocycles. The normalized spacial score (nSPS) is 32.5. The Kier molecular flexibility index (Phi) is 2.78. The van der Waals surface area contributed by atoms with Crippen LogP contribution < -0.4 is 4.74 Å². The Balaban J connectivity index is 1.93. The van der Waals surface area contributed by atoms with Crippen LogP contribution in [0.15, 0.2) is 12.1 Å². The summed E-state index contributed by atoms with van der Waals surface area (Å²) in [4.78, 5) is 0. The van der Waals surface area contributed by atoms with Gasteiger partial charge in [-0.3, -0.25) is 0 Å². The first-order valence-corrected chi connectivity index (χ1v) is 8.75. The van der Waals surface area contributed by atoms with Gasteiger partial charge in [0, 0.05) is 11.0 Å². The summed E-state index contributed by atoms with van der Waals surface area (Å²) in [5.41, 5.74) is 5.64. The highest BCUT2D eigenvalue weighted by molar-refractivity contribution is 5.55. The van der Waals surface area contributed by atoms with E-state index in [-0.39, 0.29) is 0 Å². The molecule has 1 spiro atoms. The zero-order valence-electron chi connectivity index (χ0n) is 14.0. The summed E-state index contributed by atoms with van der Waals surface area (Å²) in [6.07, 6.45) is 6.69. The van der Waals surface area contributed by atoms with Crippen LogP contribution in [0.5, 0.6) is 5.75 Å². The molecule has 0 N–H and O–H groups in total. The molecule has 0 aromatic heterocycles. The minimum absolute atomic E-state index is 0.329. The van der Waals surface area contributed by atoms with E-state index in [0.29, 0.717) is 16.7 Å². The molecule has 2 aliphatic carbocycles. The molecule has 1 saturated carbocycles. The summed E-state index contributed by atoms with van der Waals surface area (Å²) in [5, 5.41) is 0. The lowest BCUT2D eigenvalue weighted by Crippen LogP contribution is -2.50. The van der Waals surface area contributed by atoms with Gasteiger partial charge in [-0.05, 0) is 60.1 Å². The second-order valence-electron chi connectivity index (χ2n) is 8.54. The molecule has 0 amide bonds. The standard InChI is InChI=1S/C20H28O/c1-13(2)14-6-8-16-18-15(14)7-9-17-19(3,4)10-5-11-20(17,18)12-21-16/h6,8,13,17H,5,7,9-12H2,1-4H3. The molecule has 1 fully saturated rings. The molecule has 1 aromatic rings. The first-order valence-electron chi connectivity index (χ1n) is 8.75. The molecule has 0 radical (unpaired) electrons. The van der Waals surface area contributed by atoms with Crippen LogP contribution in [0, 0.1) is 11.3 Å². The van der Waals surface area contributed by atoms with E-state index >= 15 is 0 Å². The maximum absolute atomic E-state index is 6.21. The van der Waals surface area contributed by atoms with E-state index in [4.69, 9.17) is 4.74 Å². The predicted octanol–water partition coefficient (Wildman–Crippen LogP) is 5.21. The molecule has 4 rings (SSSR count). The van der Waals surface area contributed by atoms with E-state index in [0.717, 1.165) is 12.5 Å². The second-order valence-corrected chi connectivity index (χ2v) is 8.54. The minimum Gasteiger partial charge on any atom is -0.492 e. The average Bonchev–Trinajstić information content (AvgIpc) is 2.79. The maximum Gasteiger partial charge on any atom is 0.123 e. The third-order valence-corrected chi connectivity index (χ3v) is 6.65. The Morgan fingerprint density at radius 3 is 2.76 bits per heavy atom. The molecule has 1 heterocycles. The van der Waals surface area contributed by atoms with Crippen molar-refractivity contribution in [2.24, 2.45) is 11.3 Å². The predicted molar refractivity (Wildman–Crippen MR) is 87.1 cm³/mol. The smallest absolute Gasteiger partial charge is 0.123 e. The summed E-state index contributed by atoms with van der Waals surface area (Å²) < 4.78 is 6.21. The quantitative estimate of drug-likeness (QED) is 0.687. The largest absolute Gasteiger partial charge is 0.492 e. The van der Waals surface area contributed by atoms with Crippen LogP contribution in [0.1, 0.15) is 76.0 Å². The molecule has 0 saturated heterocycles.